The van der Waals surface area contributed by atoms with Crippen molar-refractivity contribution in [2.45, 2.75) is 20.5 Å². The van der Waals surface area contributed by atoms with E-state index >= 15 is 0 Å². The van der Waals surface area contributed by atoms with Gasteiger partial charge in [0.15, 0.2) is 0 Å². The fourth-order valence-corrected chi connectivity index (χ4v) is 1.59. The summed E-state index contributed by atoms with van der Waals surface area (Å²) in [4.78, 5) is 22.0. The second-order valence-electron chi connectivity index (χ2n) is 3.75. The molecule has 0 aliphatic heterocycles. The lowest BCUT2D eigenvalue weighted by atomic mass is 10.2. The Labute approximate surface area is 98.0 Å². The van der Waals surface area contributed by atoms with E-state index in [4.69, 9.17) is 4.74 Å². The number of hydrogen-bond acceptors (Lipinski definition) is 4. The SMILES string of the molecule is CC(=O)OCc1ccc2cnn(C(C)=O)c2c1. The number of benzene rings is 1. The van der Waals surface area contributed by atoms with Gasteiger partial charge in [-0.2, -0.15) is 5.10 Å². The summed E-state index contributed by atoms with van der Waals surface area (Å²) in [5, 5.41) is 4.87. The van der Waals surface area contributed by atoms with Gasteiger partial charge >= 0.3 is 5.97 Å². The molecule has 88 valence electrons. The summed E-state index contributed by atoms with van der Waals surface area (Å²) in [6.07, 6.45) is 1.63. The molecule has 17 heavy (non-hydrogen) atoms. The van der Waals surface area contributed by atoms with Crippen LogP contribution >= 0.6 is 0 Å². The highest BCUT2D eigenvalue weighted by molar-refractivity contribution is 5.89. The van der Waals surface area contributed by atoms with Crippen molar-refractivity contribution in [2.75, 3.05) is 0 Å². The molecule has 0 saturated carbocycles. The molecule has 0 aliphatic carbocycles. The first-order valence-corrected chi connectivity index (χ1v) is 5.19. The van der Waals surface area contributed by atoms with E-state index < -0.39 is 0 Å². The highest BCUT2D eigenvalue weighted by Gasteiger charge is 2.07. The third-order valence-electron chi connectivity index (χ3n) is 2.38. The van der Waals surface area contributed by atoms with Crippen molar-refractivity contribution in [3.8, 4) is 0 Å². The third kappa shape index (κ3) is 2.33. The molecule has 0 fully saturated rings. The molecule has 0 N–H and O–H groups in total. The monoisotopic (exact) mass is 232 g/mol. The zero-order valence-electron chi connectivity index (χ0n) is 9.64. The molecule has 1 aromatic heterocycles. The molecule has 1 aromatic carbocycles. The maximum atomic E-state index is 11.3. The predicted molar refractivity (Wildman–Crippen MR) is 61.5 cm³/mol. The summed E-state index contributed by atoms with van der Waals surface area (Å²) in [5.41, 5.74) is 1.55. The van der Waals surface area contributed by atoms with E-state index in [1.54, 1.807) is 12.3 Å². The molecule has 2 aromatic rings. The highest BCUT2D eigenvalue weighted by atomic mass is 16.5. The van der Waals surface area contributed by atoms with Crippen LogP contribution in [-0.2, 0) is 16.1 Å². The lowest BCUT2D eigenvalue weighted by molar-refractivity contribution is -0.142. The van der Waals surface area contributed by atoms with Crippen molar-refractivity contribution in [1.82, 2.24) is 9.78 Å². The molecule has 0 saturated heterocycles. The fourth-order valence-electron chi connectivity index (χ4n) is 1.59. The molecule has 5 nitrogen and oxygen atoms in total. The van der Waals surface area contributed by atoms with Crippen LogP contribution in [0.2, 0.25) is 0 Å². The Kier molecular flexibility index (Phi) is 2.91. The molecular weight excluding hydrogens is 220 g/mol. The van der Waals surface area contributed by atoms with Gasteiger partial charge in [-0.15, -0.1) is 0 Å². The molecule has 1 heterocycles. The Morgan fingerprint density at radius 2 is 2.12 bits per heavy atom. The van der Waals surface area contributed by atoms with Gasteiger partial charge in [-0.05, 0) is 11.6 Å². The van der Waals surface area contributed by atoms with Gasteiger partial charge < -0.3 is 4.74 Å². The van der Waals surface area contributed by atoms with Gasteiger partial charge in [-0.3, -0.25) is 9.59 Å². The number of nitrogens with zero attached hydrogens (tertiary/aromatic N) is 2. The van der Waals surface area contributed by atoms with Crippen LogP contribution in [0.3, 0.4) is 0 Å². The largest absolute Gasteiger partial charge is 0.461 e. The molecule has 0 radical (unpaired) electrons. The molecule has 0 aliphatic rings. The van der Waals surface area contributed by atoms with E-state index in [1.165, 1.54) is 18.5 Å². The van der Waals surface area contributed by atoms with Crippen molar-refractivity contribution >= 4 is 22.8 Å². The van der Waals surface area contributed by atoms with Crippen LogP contribution < -0.4 is 0 Å². The summed E-state index contributed by atoms with van der Waals surface area (Å²) in [6.45, 7) is 3.01. The molecule has 0 unspecified atom stereocenters. The summed E-state index contributed by atoms with van der Waals surface area (Å²) >= 11 is 0. The van der Waals surface area contributed by atoms with Crippen molar-refractivity contribution in [2.24, 2.45) is 0 Å². The summed E-state index contributed by atoms with van der Waals surface area (Å²) in [6, 6.07) is 5.49. The Balaban J connectivity index is 2.37. The Morgan fingerprint density at radius 3 is 2.76 bits per heavy atom. The van der Waals surface area contributed by atoms with Crippen molar-refractivity contribution < 1.29 is 14.3 Å². The van der Waals surface area contributed by atoms with Gasteiger partial charge in [-0.25, -0.2) is 4.68 Å². The quantitative estimate of drug-likeness (QED) is 0.740. The van der Waals surface area contributed by atoms with Crippen LogP contribution in [-0.4, -0.2) is 21.7 Å². The van der Waals surface area contributed by atoms with Crippen LogP contribution in [0.5, 0.6) is 0 Å². The van der Waals surface area contributed by atoms with E-state index in [9.17, 15) is 9.59 Å². The number of fused-ring (bicyclic) bond motifs is 1. The Hall–Kier alpha value is -2.17. The number of rotatable bonds is 2. The van der Waals surface area contributed by atoms with E-state index in [1.807, 2.05) is 12.1 Å². The van der Waals surface area contributed by atoms with Gasteiger partial charge in [0.25, 0.3) is 0 Å². The minimum atomic E-state index is -0.329. The van der Waals surface area contributed by atoms with Crippen LogP contribution in [0.1, 0.15) is 24.2 Å². The maximum absolute atomic E-state index is 11.3. The van der Waals surface area contributed by atoms with Crippen molar-refractivity contribution in [1.29, 1.82) is 0 Å². The number of aromatic nitrogens is 2. The van der Waals surface area contributed by atoms with Crippen LogP contribution in [0, 0.1) is 0 Å². The first-order chi connectivity index (χ1) is 8.08. The normalized spacial score (nSPS) is 10.5. The molecule has 0 amide bonds. The van der Waals surface area contributed by atoms with E-state index in [0.29, 0.717) is 0 Å². The molecule has 2 rings (SSSR count). The van der Waals surface area contributed by atoms with Crippen molar-refractivity contribution in [3.05, 3.63) is 30.0 Å². The van der Waals surface area contributed by atoms with Gasteiger partial charge in [0, 0.05) is 19.2 Å². The molecule has 0 spiro atoms. The Bertz CT molecular complexity index is 586. The first-order valence-electron chi connectivity index (χ1n) is 5.19. The lowest BCUT2D eigenvalue weighted by Gasteiger charge is -2.03. The van der Waals surface area contributed by atoms with Gasteiger partial charge in [0.1, 0.15) is 6.61 Å². The fraction of sp³-hybridized carbons (Fsp3) is 0.250. The average molecular weight is 232 g/mol. The minimum absolute atomic E-state index is 0.148. The number of ether oxygens (including phenoxy) is 1. The zero-order valence-corrected chi connectivity index (χ0v) is 9.64. The first kappa shape index (κ1) is 11.3. The number of carbonyl (C=O) groups excluding carboxylic acids is 2. The Morgan fingerprint density at radius 1 is 1.35 bits per heavy atom. The summed E-state index contributed by atoms with van der Waals surface area (Å²) in [7, 11) is 0. The number of hydrogen-bond donors (Lipinski definition) is 0. The summed E-state index contributed by atoms with van der Waals surface area (Å²) < 4.78 is 6.23. The minimum Gasteiger partial charge on any atom is -0.461 e. The van der Waals surface area contributed by atoms with Gasteiger partial charge in [0.05, 0.1) is 11.7 Å². The third-order valence-corrected chi connectivity index (χ3v) is 2.38. The average Bonchev–Trinajstić information content (AvgIpc) is 2.69. The topological polar surface area (TPSA) is 61.2 Å². The second kappa shape index (κ2) is 4.37. The molecular formula is C12H12N2O3. The van der Waals surface area contributed by atoms with Crippen LogP contribution in [0.25, 0.3) is 10.9 Å². The smallest absolute Gasteiger partial charge is 0.302 e. The van der Waals surface area contributed by atoms with Gasteiger partial charge in [-0.1, -0.05) is 12.1 Å². The second-order valence-corrected chi connectivity index (χ2v) is 3.75. The van der Waals surface area contributed by atoms with Crippen LogP contribution in [0.15, 0.2) is 24.4 Å². The highest BCUT2D eigenvalue weighted by Crippen LogP contribution is 2.16. The molecule has 5 heteroatoms. The molecule has 0 bridgehead atoms. The maximum Gasteiger partial charge on any atom is 0.302 e. The van der Waals surface area contributed by atoms with Crippen molar-refractivity contribution in [3.63, 3.8) is 0 Å². The van der Waals surface area contributed by atoms with E-state index in [0.717, 1.165) is 16.5 Å². The zero-order chi connectivity index (χ0) is 12.4. The predicted octanol–water partition coefficient (Wildman–Crippen LogP) is 1.76. The lowest BCUT2D eigenvalue weighted by Crippen LogP contribution is -2.07. The van der Waals surface area contributed by atoms with Gasteiger partial charge in [0.2, 0.25) is 5.91 Å². The molecule has 0 atom stereocenters. The van der Waals surface area contributed by atoms with Crippen LogP contribution in [0.4, 0.5) is 0 Å². The van der Waals surface area contributed by atoms with E-state index in [-0.39, 0.29) is 18.5 Å². The number of carbonyl (C=O) groups is 2. The number of esters is 1. The summed E-state index contributed by atoms with van der Waals surface area (Å²) in [5.74, 6) is -0.477. The van der Waals surface area contributed by atoms with E-state index in [2.05, 4.69) is 5.10 Å². The standard InChI is InChI=1S/C12H12N2O3/c1-8(15)14-12-5-10(7-17-9(2)16)3-4-11(12)6-13-14/h3-6H,7H2,1-2H3.